The highest BCUT2D eigenvalue weighted by atomic mass is 15.1. The summed E-state index contributed by atoms with van der Waals surface area (Å²) in [6.07, 6.45) is 1.86. The van der Waals surface area contributed by atoms with Gasteiger partial charge in [-0.15, -0.1) is 0 Å². The van der Waals surface area contributed by atoms with E-state index >= 15 is 0 Å². The summed E-state index contributed by atoms with van der Waals surface area (Å²) in [5.41, 5.74) is 1.31. The summed E-state index contributed by atoms with van der Waals surface area (Å²) in [5.74, 6) is 0.967. The predicted molar refractivity (Wildman–Crippen MR) is 60.4 cm³/mol. The fourth-order valence-corrected chi connectivity index (χ4v) is 1.27. The zero-order valence-corrected chi connectivity index (χ0v) is 9.25. The van der Waals surface area contributed by atoms with E-state index in [1.165, 1.54) is 5.56 Å². The lowest BCUT2D eigenvalue weighted by Crippen LogP contribution is -2.16. The van der Waals surface area contributed by atoms with Crippen LogP contribution in [0.4, 0.5) is 5.82 Å². The molecule has 0 spiro atoms. The lowest BCUT2D eigenvalue weighted by molar-refractivity contribution is 0.346. The van der Waals surface area contributed by atoms with Crippen LogP contribution in [0.15, 0.2) is 18.3 Å². The molecule has 3 nitrogen and oxygen atoms in total. The van der Waals surface area contributed by atoms with Crippen LogP contribution in [0.1, 0.15) is 19.4 Å². The first-order chi connectivity index (χ1) is 6.76. The molecule has 1 aromatic rings. The van der Waals surface area contributed by atoms with Gasteiger partial charge in [0.1, 0.15) is 5.82 Å². The van der Waals surface area contributed by atoms with Crippen LogP contribution in [0.25, 0.3) is 0 Å². The summed E-state index contributed by atoms with van der Waals surface area (Å²) >= 11 is 0. The van der Waals surface area contributed by atoms with Crippen molar-refractivity contribution >= 4 is 5.82 Å². The number of aromatic nitrogens is 1. The van der Waals surface area contributed by atoms with Crippen LogP contribution in [-0.2, 0) is 6.54 Å². The third-order valence-corrected chi connectivity index (χ3v) is 2.17. The number of hydrogen-bond acceptors (Lipinski definition) is 3. The Morgan fingerprint density at radius 1 is 1.43 bits per heavy atom. The molecule has 0 bridgehead atoms. The van der Waals surface area contributed by atoms with Crippen molar-refractivity contribution in [2.75, 3.05) is 25.5 Å². The van der Waals surface area contributed by atoms with E-state index in [1.807, 2.05) is 6.20 Å². The maximum absolute atomic E-state index is 4.23. The summed E-state index contributed by atoms with van der Waals surface area (Å²) in [6, 6.07) is 4.17. The zero-order chi connectivity index (χ0) is 10.4. The number of nitrogens with one attached hydrogen (secondary N) is 1. The van der Waals surface area contributed by atoms with Crippen LogP contribution in [0.3, 0.4) is 0 Å². The molecule has 78 valence electrons. The number of nitrogens with zero attached hydrogens (tertiary/aromatic N) is 2. The molecular formula is C11H19N3. The molecular weight excluding hydrogens is 174 g/mol. The average Bonchev–Trinajstić information content (AvgIpc) is 2.19. The maximum Gasteiger partial charge on any atom is 0.126 e. The zero-order valence-electron chi connectivity index (χ0n) is 9.25. The van der Waals surface area contributed by atoms with Gasteiger partial charge in [0.25, 0.3) is 0 Å². The predicted octanol–water partition coefficient (Wildman–Crippen LogP) is 1.97. The molecule has 14 heavy (non-hydrogen) atoms. The first-order valence-electron chi connectivity index (χ1n) is 5.13. The molecule has 0 amide bonds. The van der Waals surface area contributed by atoms with Gasteiger partial charge in [0.2, 0.25) is 0 Å². The van der Waals surface area contributed by atoms with Gasteiger partial charge in [-0.25, -0.2) is 4.98 Å². The highest BCUT2D eigenvalue weighted by molar-refractivity contribution is 5.37. The van der Waals surface area contributed by atoms with Crippen LogP contribution in [0.2, 0.25) is 0 Å². The normalized spacial score (nSPS) is 10.6. The molecule has 0 fully saturated rings. The Kier molecular flexibility index (Phi) is 4.40. The van der Waals surface area contributed by atoms with Gasteiger partial charge in [-0.05, 0) is 38.2 Å². The minimum Gasteiger partial charge on any atom is -0.370 e. The number of pyridine rings is 1. The number of rotatable bonds is 5. The molecule has 0 aromatic carbocycles. The van der Waals surface area contributed by atoms with E-state index in [1.54, 1.807) is 0 Å². The van der Waals surface area contributed by atoms with E-state index in [2.05, 4.69) is 48.2 Å². The van der Waals surface area contributed by atoms with Crippen LogP contribution in [0.5, 0.6) is 0 Å². The molecule has 0 radical (unpaired) electrons. The van der Waals surface area contributed by atoms with E-state index in [9.17, 15) is 0 Å². The van der Waals surface area contributed by atoms with E-state index in [0.29, 0.717) is 0 Å². The van der Waals surface area contributed by atoms with Crippen molar-refractivity contribution in [3.63, 3.8) is 0 Å². The topological polar surface area (TPSA) is 28.2 Å². The van der Waals surface area contributed by atoms with E-state index < -0.39 is 0 Å². The number of anilines is 1. The summed E-state index contributed by atoms with van der Waals surface area (Å²) in [5, 5.41) is 3.21. The smallest absolute Gasteiger partial charge is 0.126 e. The van der Waals surface area contributed by atoms with Crippen molar-refractivity contribution in [3.8, 4) is 0 Å². The van der Waals surface area contributed by atoms with Gasteiger partial charge in [-0.2, -0.15) is 0 Å². The molecule has 0 aliphatic heterocycles. The van der Waals surface area contributed by atoms with Crippen LogP contribution in [0, 0.1) is 0 Å². The SMILES string of the molecule is CCNc1cc(CN(C)CC)ccn1. The standard InChI is InChI=1S/C11H19N3/c1-4-12-11-8-10(6-7-13-11)9-14(3)5-2/h6-8H,4-5,9H2,1-3H3,(H,12,13). The Hall–Kier alpha value is -1.09. The quantitative estimate of drug-likeness (QED) is 0.775. The lowest BCUT2D eigenvalue weighted by Gasteiger charge is -2.14. The fourth-order valence-electron chi connectivity index (χ4n) is 1.27. The van der Waals surface area contributed by atoms with E-state index in [4.69, 9.17) is 0 Å². The van der Waals surface area contributed by atoms with Gasteiger partial charge in [0.15, 0.2) is 0 Å². The van der Waals surface area contributed by atoms with Gasteiger partial charge in [0.05, 0.1) is 0 Å². The molecule has 1 heterocycles. The van der Waals surface area contributed by atoms with Gasteiger partial charge in [-0.1, -0.05) is 6.92 Å². The summed E-state index contributed by atoms with van der Waals surface area (Å²) in [7, 11) is 2.12. The van der Waals surface area contributed by atoms with Crippen LogP contribution in [-0.4, -0.2) is 30.0 Å². The Morgan fingerprint density at radius 2 is 2.21 bits per heavy atom. The highest BCUT2D eigenvalue weighted by Crippen LogP contribution is 2.08. The number of hydrogen-bond donors (Lipinski definition) is 1. The first kappa shape index (κ1) is 11.0. The largest absolute Gasteiger partial charge is 0.370 e. The highest BCUT2D eigenvalue weighted by Gasteiger charge is 1.99. The molecule has 3 heteroatoms. The minimum atomic E-state index is 0.917. The lowest BCUT2D eigenvalue weighted by atomic mass is 10.2. The van der Waals surface area contributed by atoms with Crippen molar-refractivity contribution in [2.45, 2.75) is 20.4 Å². The minimum absolute atomic E-state index is 0.917. The second kappa shape index (κ2) is 5.60. The Labute approximate surface area is 86.2 Å². The molecule has 0 saturated carbocycles. The second-order valence-corrected chi connectivity index (χ2v) is 3.41. The van der Waals surface area contributed by atoms with Crippen molar-refractivity contribution in [3.05, 3.63) is 23.9 Å². The summed E-state index contributed by atoms with van der Waals surface area (Å²) in [4.78, 5) is 6.50. The van der Waals surface area contributed by atoms with Crippen molar-refractivity contribution < 1.29 is 0 Å². The van der Waals surface area contributed by atoms with Crippen molar-refractivity contribution in [1.29, 1.82) is 0 Å². The fraction of sp³-hybridized carbons (Fsp3) is 0.545. The molecule has 1 rings (SSSR count). The third-order valence-electron chi connectivity index (χ3n) is 2.17. The van der Waals surface area contributed by atoms with Crippen LogP contribution < -0.4 is 5.32 Å². The molecule has 1 aromatic heterocycles. The van der Waals surface area contributed by atoms with E-state index in [-0.39, 0.29) is 0 Å². The molecule has 0 unspecified atom stereocenters. The van der Waals surface area contributed by atoms with Crippen molar-refractivity contribution in [1.82, 2.24) is 9.88 Å². The van der Waals surface area contributed by atoms with Crippen LogP contribution >= 0.6 is 0 Å². The third kappa shape index (κ3) is 3.34. The Balaban J connectivity index is 2.63. The van der Waals surface area contributed by atoms with Gasteiger partial charge in [0, 0.05) is 19.3 Å². The van der Waals surface area contributed by atoms with Gasteiger partial charge in [-0.3, -0.25) is 0 Å². The Morgan fingerprint density at radius 3 is 2.86 bits per heavy atom. The monoisotopic (exact) mass is 193 g/mol. The maximum atomic E-state index is 4.23. The summed E-state index contributed by atoms with van der Waals surface area (Å²) < 4.78 is 0. The molecule has 0 saturated heterocycles. The summed E-state index contributed by atoms with van der Waals surface area (Å²) in [6.45, 7) is 7.20. The van der Waals surface area contributed by atoms with Gasteiger partial charge < -0.3 is 10.2 Å². The molecule has 0 atom stereocenters. The van der Waals surface area contributed by atoms with Crippen molar-refractivity contribution in [2.24, 2.45) is 0 Å². The molecule has 0 aliphatic carbocycles. The first-order valence-corrected chi connectivity index (χ1v) is 5.13. The molecule has 1 N–H and O–H groups in total. The second-order valence-electron chi connectivity index (χ2n) is 3.41. The average molecular weight is 193 g/mol. The van der Waals surface area contributed by atoms with Gasteiger partial charge >= 0.3 is 0 Å². The Bertz CT molecular complexity index is 273. The van der Waals surface area contributed by atoms with E-state index in [0.717, 1.165) is 25.5 Å². The molecule has 0 aliphatic rings.